The van der Waals surface area contributed by atoms with Crippen LogP contribution in [-0.2, 0) is 11.2 Å². The van der Waals surface area contributed by atoms with Crippen LogP contribution in [0, 0.1) is 0 Å². The smallest absolute Gasteiger partial charge is 0.249 e. The molecule has 4 rings (SSSR count). The Balaban J connectivity index is 1.44. The number of likely N-dealkylation sites (tertiary alicyclic amines) is 1. The van der Waals surface area contributed by atoms with Gasteiger partial charge in [-0.1, -0.05) is 35.5 Å². The Morgan fingerprint density at radius 3 is 2.71 bits per heavy atom. The molecule has 1 saturated heterocycles. The minimum absolute atomic E-state index is 0.135. The van der Waals surface area contributed by atoms with Gasteiger partial charge in [-0.15, -0.1) is 0 Å². The molecule has 2 heterocycles. The number of amides is 1. The average molecular weight is 377 g/mol. The summed E-state index contributed by atoms with van der Waals surface area (Å²) in [5.41, 5.74) is 2.03. The van der Waals surface area contributed by atoms with Crippen molar-refractivity contribution in [2.45, 2.75) is 31.7 Å². The molecular formula is C22H23N3O3. The van der Waals surface area contributed by atoms with E-state index < -0.39 is 0 Å². The Hall–Kier alpha value is -3.15. The van der Waals surface area contributed by atoms with Gasteiger partial charge in [0.2, 0.25) is 17.6 Å². The lowest BCUT2D eigenvalue weighted by Gasteiger charge is -2.21. The number of hydrogen-bond acceptors (Lipinski definition) is 5. The summed E-state index contributed by atoms with van der Waals surface area (Å²) in [6.45, 7) is 0.735. The fourth-order valence-electron chi connectivity index (χ4n) is 3.59. The Morgan fingerprint density at radius 2 is 1.96 bits per heavy atom. The van der Waals surface area contributed by atoms with Gasteiger partial charge in [0, 0.05) is 18.5 Å². The molecule has 28 heavy (non-hydrogen) atoms. The number of aryl methyl sites for hydroxylation is 1. The summed E-state index contributed by atoms with van der Waals surface area (Å²) in [5.74, 6) is 1.95. The molecule has 6 nitrogen and oxygen atoms in total. The number of carbonyl (C=O) groups is 1. The summed E-state index contributed by atoms with van der Waals surface area (Å²) >= 11 is 0. The van der Waals surface area contributed by atoms with E-state index in [1.54, 1.807) is 7.11 Å². The molecule has 0 bridgehead atoms. The highest BCUT2D eigenvalue weighted by molar-refractivity contribution is 5.77. The highest BCUT2D eigenvalue weighted by Gasteiger charge is 2.33. The summed E-state index contributed by atoms with van der Waals surface area (Å²) in [7, 11) is 1.63. The fraction of sp³-hybridized carbons (Fsp3) is 0.318. The van der Waals surface area contributed by atoms with Crippen LogP contribution in [0.4, 0.5) is 0 Å². The quantitative estimate of drug-likeness (QED) is 0.648. The van der Waals surface area contributed by atoms with Crippen molar-refractivity contribution >= 4 is 5.91 Å². The van der Waals surface area contributed by atoms with E-state index >= 15 is 0 Å². The maximum absolute atomic E-state index is 12.8. The average Bonchev–Trinajstić information content (AvgIpc) is 3.42. The molecule has 0 spiro atoms. The number of ether oxygens (including phenoxy) is 1. The van der Waals surface area contributed by atoms with E-state index in [1.165, 1.54) is 5.56 Å². The molecule has 1 atom stereocenters. The second kappa shape index (κ2) is 8.25. The van der Waals surface area contributed by atoms with Crippen molar-refractivity contribution in [3.63, 3.8) is 0 Å². The Morgan fingerprint density at radius 1 is 1.18 bits per heavy atom. The summed E-state index contributed by atoms with van der Waals surface area (Å²) in [5, 5.41) is 4.11. The molecule has 0 unspecified atom stereocenters. The van der Waals surface area contributed by atoms with Crippen molar-refractivity contribution in [3.8, 4) is 17.1 Å². The van der Waals surface area contributed by atoms with E-state index in [1.807, 2.05) is 59.5 Å². The molecule has 0 saturated carbocycles. The second-order valence-electron chi connectivity index (χ2n) is 6.92. The summed E-state index contributed by atoms with van der Waals surface area (Å²) in [6, 6.07) is 17.5. The minimum Gasteiger partial charge on any atom is -0.497 e. The van der Waals surface area contributed by atoms with Gasteiger partial charge < -0.3 is 14.2 Å². The van der Waals surface area contributed by atoms with Gasteiger partial charge in [0.25, 0.3) is 0 Å². The van der Waals surface area contributed by atoms with Gasteiger partial charge in [0.1, 0.15) is 11.8 Å². The van der Waals surface area contributed by atoms with Crippen LogP contribution in [0.25, 0.3) is 11.4 Å². The number of aromatic nitrogens is 2. The van der Waals surface area contributed by atoms with E-state index in [9.17, 15) is 4.79 Å². The van der Waals surface area contributed by atoms with Gasteiger partial charge in [-0.2, -0.15) is 4.98 Å². The third-order valence-electron chi connectivity index (χ3n) is 5.12. The van der Waals surface area contributed by atoms with Crippen LogP contribution in [0.5, 0.6) is 5.75 Å². The van der Waals surface area contributed by atoms with Crippen LogP contribution in [0.3, 0.4) is 0 Å². The van der Waals surface area contributed by atoms with Crippen LogP contribution in [0.1, 0.15) is 36.8 Å². The van der Waals surface area contributed by atoms with E-state index in [0.717, 1.165) is 37.1 Å². The standard InChI is InChI=1S/C22H23N3O3/c1-27-18-12-10-17(11-13-18)21-23-22(28-24-21)19-8-5-15-25(19)20(26)14-9-16-6-3-2-4-7-16/h2-4,6-7,10-13,19H,5,8-9,14-15H2,1H3/t19-/m0/s1. The Kier molecular flexibility index (Phi) is 5.37. The summed E-state index contributed by atoms with van der Waals surface area (Å²) < 4.78 is 10.7. The monoisotopic (exact) mass is 377 g/mol. The fourth-order valence-corrected chi connectivity index (χ4v) is 3.59. The number of methoxy groups -OCH3 is 1. The minimum atomic E-state index is -0.136. The van der Waals surface area contributed by atoms with Crippen LogP contribution < -0.4 is 4.74 Å². The first-order valence-electron chi connectivity index (χ1n) is 9.56. The zero-order chi connectivity index (χ0) is 19.3. The molecule has 6 heteroatoms. The van der Waals surface area contributed by atoms with Crippen LogP contribution >= 0.6 is 0 Å². The van der Waals surface area contributed by atoms with Gasteiger partial charge in [-0.25, -0.2) is 0 Å². The third kappa shape index (κ3) is 3.91. The van der Waals surface area contributed by atoms with Gasteiger partial charge in [0.15, 0.2) is 0 Å². The molecular weight excluding hydrogens is 354 g/mol. The number of benzene rings is 2. The van der Waals surface area contributed by atoms with Crippen molar-refractivity contribution < 1.29 is 14.1 Å². The second-order valence-corrected chi connectivity index (χ2v) is 6.92. The summed E-state index contributed by atoms with van der Waals surface area (Å²) in [4.78, 5) is 19.2. The first-order chi connectivity index (χ1) is 13.7. The maximum atomic E-state index is 12.8. The van der Waals surface area contributed by atoms with Crippen molar-refractivity contribution in [2.75, 3.05) is 13.7 Å². The molecule has 1 aromatic heterocycles. The lowest BCUT2D eigenvalue weighted by Crippen LogP contribution is -2.30. The molecule has 0 radical (unpaired) electrons. The predicted octanol–water partition coefficient (Wildman–Crippen LogP) is 4.04. The normalized spacial score (nSPS) is 16.3. The molecule has 1 amide bonds. The first kappa shape index (κ1) is 18.2. The molecule has 1 fully saturated rings. The Bertz CT molecular complexity index is 922. The highest BCUT2D eigenvalue weighted by Crippen LogP contribution is 2.33. The third-order valence-corrected chi connectivity index (χ3v) is 5.12. The van der Waals surface area contributed by atoms with Crippen molar-refractivity contribution in [1.29, 1.82) is 0 Å². The van der Waals surface area contributed by atoms with Gasteiger partial charge in [-0.05, 0) is 49.1 Å². The molecule has 3 aromatic rings. The molecule has 0 aliphatic carbocycles. The number of nitrogens with zero attached hydrogens (tertiary/aromatic N) is 3. The topological polar surface area (TPSA) is 68.5 Å². The van der Waals surface area contributed by atoms with Crippen molar-refractivity contribution in [2.24, 2.45) is 0 Å². The zero-order valence-corrected chi connectivity index (χ0v) is 15.9. The lowest BCUT2D eigenvalue weighted by molar-refractivity contribution is -0.132. The zero-order valence-electron chi connectivity index (χ0n) is 15.9. The lowest BCUT2D eigenvalue weighted by atomic mass is 10.1. The number of rotatable bonds is 6. The molecule has 2 aromatic carbocycles. The summed E-state index contributed by atoms with van der Waals surface area (Å²) in [6.07, 6.45) is 3.02. The highest BCUT2D eigenvalue weighted by atomic mass is 16.5. The van der Waals surface area contributed by atoms with Crippen LogP contribution in [-0.4, -0.2) is 34.6 Å². The van der Waals surface area contributed by atoms with Crippen molar-refractivity contribution in [3.05, 3.63) is 66.1 Å². The maximum Gasteiger partial charge on any atom is 0.249 e. The molecule has 1 aliphatic rings. The van der Waals surface area contributed by atoms with E-state index in [4.69, 9.17) is 9.26 Å². The van der Waals surface area contributed by atoms with Crippen LogP contribution in [0.2, 0.25) is 0 Å². The molecule has 0 N–H and O–H groups in total. The number of carbonyl (C=O) groups excluding carboxylic acids is 1. The van der Waals surface area contributed by atoms with Gasteiger partial charge >= 0.3 is 0 Å². The SMILES string of the molecule is COc1ccc(-c2noc([C@@H]3CCCN3C(=O)CCc3ccccc3)n2)cc1. The molecule has 1 aliphatic heterocycles. The van der Waals surface area contributed by atoms with E-state index in [-0.39, 0.29) is 11.9 Å². The van der Waals surface area contributed by atoms with E-state index in [2.05, 4.69) is 10.1 Å². The number of hydrogen-bond donors (Lipinski definition) is 0. The molecule has 144 valence electrons. The Labute approximate surface area is 164 Å². The van der Waals surface area contributed by atoms with Gasteiger partial charge in [-0.3, -0.25) is 4.79 Å². The van der Waals surface area contributed by atoms with Crippen molar-refractivity contribution in [1.82, 2.24) is 15.0 Å². The van der Waals surface area contributed by atoms with Crippen LogP contribution in [0.15, 0.2) is 59.1 Å². The largest absolute Gasteiger partial charge is 0.497 e. The van der Waals surface area contributed by atoms with Gasteiger partial charge in [0.05, 0.1) is 7.11 Å². The first-order valence-corrected chi connectivity index (χ1v) is 9.56. The predicted molar refractivity (Wildman–Crippen MR) is 105 cm³/mol. The van der Waals surface area contributed by atoms with E-state index in [0.29, 0.717) is 18.1 Å².